The van der Waals surface area contributed by atoms with E-state index in [1.807, 2.05) is 62.1 Å². The number of furan rings is 1. The topological polar surface area (TPSA) is 63.6 Å². The molecule has 0 unspecified atom stereocenters. The fourth-order valence-electron chi connectivity index (χ4n) is 3.75. The Bertz CT molecular complexity index is 1200. The molecule has 3 heterocycles. The summed E-state index contributed by atoms with van der Waals surface area (Å²) in [5.41, 5.74) is 4.78. The molecule has 156 valence electrons. The van der Waals surface area contributed by atoms with Gasteiger partial charge in [-0.25, -0.2) is 0 Å². The van der Waals surface area contributed by atoms with Crippen LogP contribution in [0.3, 0.4) is 0 Å². The van der Waals surface area contributed by atoms with Crippen molar-refractivity contribution in [1.29, 1.82) is 0 Å². The second kappa shape index (κ2) is 8.52. The molecule has 0 aliphatic heterocycles. The van der Waals surface area contributed by atoms with E-state index < -0.39 is 0 Å². The van der Waals surface area contributed by atoms with E-state index in [1.54, 1.807) is 6.26 Å². The highest BCUT2D eigenvalue weighted by Gasteiger charge is 2.26. The summed E-state index contributed by atoms with van der Waals surface area (Å²) in [4.78, 5) is 15.3. The second-order valence-corrected chi connectivity index (χ2v) is 8.44. The van der Waals surface area contributed by atoms with Crippen LogP contribution in [0.5, 0.6) is 0 Å². The monoisotopic (exact) mass is 422 g/mol. The average Bonchev–Trinajstić information content (AvgIpc) is 3.34. The van der Waals surface area contributed by atoms with Crippen LogP contribution >= 0.6 is 11.8 Å². The highest BCUT2D eigenvalue weighted by Crippen LogP contribution is 2.33. The molecule has 4 rings (SSSR count). The molecule has 0 fully saturated rings. The normalized spacial score (nSPS) is 12.5. The summed E-state index contributed by atoms with van der Waals surface area (Å²) in [5, 5.41) is 9.41. The Morgan fingerprint density at radius 2 is 2.00 bits per heavy atom. The zero-order valence-corrected chi connectivity index (χ0v) is 18.6. The van der Waals surface area contributed by atoms with E-state index in [2.05, 4.69) is 21.5 Å². The zero-order chi connectivity index (χ0) is 21.3. The predicted molar refractivity (Wildman–Crippen MR) is 121 cm³/mol. The van der Waals surface area contributed by atoms with Crippen LogP contribution in [0.1, 0.15) is 38.6 Å². The molecule has 0 N–H and O–H groups in total. The van der Waals surface area contributed by atoms with Crippen LogP contribution in [0.4, 0.5) is 5.69 Å². The minimum Gasteiger partial charge on any atom is -0.463 e. The van der Waals surface area contributed by atoms with Gasteiger partial charge in [0.15, 0.2) is 5.58 Å². The van der Waals surface area contributed by atoms with Gasteiger partial charge in [-0.3, -0.25) is 9.20 Å². The molecular weight excluding hydrogens is 396 g/mol. The molecule has 1 atom stereocenters. The number of hydrogen-bond acceptors (Lipinski definition) is 5. The van der Waals surface area contributed by atoms with E-state index in [-0.39, 0.29) is 11.2 Å². The van der Waals surface area contributed by atoms with Crippen molar-refractivity contribution in [3.05, 3.63) is 54.0 Å². The lowest BCUT2D eigenvalue weighted by atomic mass is 10.2. The Morgan fingerprint density at radius 1 is 1.17 bits per heavy atom. The Hall–Kier alpha value is -2.80. The van der Waals surface area contributed by atoms with Crippen LogP contribution in [0, 0.1) is 6.92 Å². The molecule has 7 heteroatoms. The summed E-state index contributed by atoms with van der Waals surface area (Å²) in [6, 6.07) is 12.0. The summed E-state index contributed by atoms with van der Waals surface area (Å²) < 4.78 is 7.69. The lowest BCUT2D eigenvalue weighted by Gasteiger charge is -2.26. The van der Waals surface area contributed by atoms with E-state index in [0.717, 1.165) is 45.1 Å². The first kappa shape index (κ1) is 20.5. The molecule has 6 nitrogen and oxygen atoms in total. The van der Waals surface area contributed by atoms with Gasteiger partial charge in [0.25, 0.3) is 0 Å². The summed E-state index contributed by atoms with van der Waals surface area (Å²) in [6.07, 6.45) is 3.14. The molecule has 1 aromatic carbocycles. The number of hydrogen-bond donors (Lipinski definition) is 0. The third-order valence-corrected chi connectivity index (χ3v) is 6.60. The SMILES string of the molecule is CCc1nnc(S[C@@H](CC)C(=O)N(CC)c2cccc(C)c2)c2cc3occc3n12. The first-order chi connectivity index (χ1) is 14.6. The maximum Gasteiger partial charge on any atom is 0.240 e. The number of fused-ring (bicyclic) bond motifs is 3. The molecule has 0 aliphatic carbocycles. The van der Waals surface area contributed by atoms with Gasteiger partial charge in [-0.2, -0.15) is 0 Å². The van der Waals surface area contributed by atoms with Gasteiger partial charge in [-0.15, -0.1) is 10.2 Å². The molecule has 0 saturated carbocycles. The number of aromatic nitrogens is 3. The van der Waals surface area contributed by atoms with Crippen molar-refractivity contribution >= 4 is 40.0 Å². The molecular formula is C23H26N4O2S. The van der Waals surface area contributed by atoms with Gasteiger partial charge in [-0.1, -0.05) is 37.7 Å². The van der Waals surface area contributed by atoms with Crippen molar-refractivity contribution in [3.63, 3.8) is 0 Å². The van der Waals surface area contributed by atoms with Crippen LogP contribution < -0.4 is 4.90 Å². The summed E-state index contributed by atoms with van der Waals surface area (Å²) in [7, 11) is 0. The highest BCUT2D eigenvalue weighted by atomic mass is 32.2. The van der Waals surface area contributed by atoms with Gasteiger partial charge in [0, 0.05) is 30.8 Å². The van der Waals surface area contributed by atoms with Crippen LogP contribution in [-0.2, 0) is 11.2 Å². The Kier molecular flexibility index (Phi) is 5.81. The zero-order valence-electron chi connectivity index (χ0n) is 17.8. The van der Waals surface area contributed by atoms with Crippen molar-refractivity contribution in [1.82, 2.24) is 14.6 Å². The van der Waals surface area contributed by atoms with Crippen molar-refractivity contribution in [2.75, 3.05) is 11.4 Å². The number of nitrogens with zero attached hydrogens (tertiary/aromatic N) is 4. The summed E-state index contributed by atoms with van der Waals surface area (Å²) in [6.45, 7) is 8.76. The minimum atomic E-state index is -0.253. The predicted octanol–water partition coefficient (Wildman–Crippen LogP) is 5.27. The van der Waals surface area contributed by atoms with E-state index in [4.69, 9.17) is 4.42 Å². The molecule has 0 spiro atoms. The Balaban J connectivity index is 1.69. The fraction of sp³-hybridized carbons (Fsp3) is 0.348. The van der Waals surface area contributed by atoms with Gasteiger partial charge >= 0.3 is 0 Å². The summed E-state index contributed by atoms with van der Waals surface area (Å²) >= 11 is 1.48. The quantitative estimate of drug-likeness (QED) is 0.380. The first-order valence-electron chi connectivity index (χ1n) is 10.4. The van der Waals surface area contributed by atoms with E-state index >= 15 is 0 Å². The standard InChI is InChI=1S/C23H26N4O2S/c1-5-20(23(28)26(7-3)16-10-8-9-15(4)13-16)30-22-18-14-19-17(11-12-29-19)27(18)21(6-2)24-25-22/h8-14,20H,5-7H2,1-4H3/t20-/m0/s1. The van der Waals surface area contributed by atoms with E-state index in [1.165, 1.54) is 11.8 Å². The Morgan fingerprint density at radius 3 is 2.70 bits per heavy atom. The minimum absolute atomic E-state index is 0.0883. The van der Waals surface area contributed by atoms with E-state index in [9.17, 15) is 4.79 Å². The molecule has 3 aromatic heterocycles. The number of carbonyl (C=O) groups excluding carboxylic acids is 1. The largest absolute Gasteiger partial charge is 0.463 e. The number of benzene rings is 1. The van der Waals surface area contributed by atoms with Gasteiger partial charge in [0.05, 0.1) is 22.5 Å². The lowest BCUT2D eigenvalue weighted by Crippen LogP contribution is -2.37. The van der Waals surface area contributed by atoms with Crippen molar-refractivity contribution in [2.24, 2.45) is 0 Å². The average molecular weight is 423 g/mol. The van der Waals surface area contributed by atoms with Crippen LogP contribution in [-0.4, -0.2) is 32.3 Å². The fourth-order valence-corrected chi connectivity index (χ4v) is 4.77. The van der Waals surface area contributed by atoms with Crippen LogP contribution in [0.15, 0.2) is 52.1 Å². The number of carbonyl (C=O) groups is 1. The number of rotatable bonds is 7. The third kappa shape index (κ3) is 3.58. The van der Waals surface area contributed by atoms with Gasteiger partial charge in [0.2, 0.25) is 5.91 Å². The number of aryl methyl sites for hydroxylation is 2. The highest BCUT2D eigenvalue weighted by molar-refractivity contribution is 8.00. The molecule has 0 bridgehead atoms. The molecule has 1 amide bonds. The maximum absolute atomic E-state index is 13.4. The smallest absolute Gasteiger partial charge is 0.240 e. The second-order valence-electron chi connectivity index (χ2n) is 7.25. The van der Waals surface area contributed by atoms with Gasteiger partial charge in [0.1, 0.15) is 10.9 Å². The van der Waals surface area contributed by atoms with E-state index in [0.29, 0.717) is 13.0 Å². The molecule has 4 aromatic rings. The molecule has 0 radical (unpaired) electrons. The van der Waals surface area contributed by atoms with Crippen molar-refractivity contribution in [2.45, 2.75) is 50.8 Å². The van der Waals surface area contributed by atoms with Crippen LogP contribution in [0.2, 0.25) is 0 Å². The molecule has 0 aliphatic rings. The Labute approximate surface area is 180 Å². The molecule has 0 saturated heterocycles. The van der Waals surface area contributed by atoms with Gasteiger partial charge < -0.3 is 9.32 Å². The molecule has 30 heavy (non-hydrogen) atoms. The van der Waals surface area contributed by atoms with Gasteiger partial charge in [-0.05, 0) is 38.0 Å². The van der Waals surface area contributed by atoms with Crippen molar-refractivity contribution < 1.29 is 9.21 Å². The van der Waals surface area contributed by atoms with Crippen LogP contribution in [0.25, 0.3) is 16.6 Å². The lowest BCUT2D eigenvalue weighted by molar-refractivity contribution is -0.118. The maximum atomic E-state index is 13.4. The third-order valence-electron chi connectivity index (χ3n) is 5.27. The number of thioether (sulfide) groups is 1. The first-order valence-corrected chi connectivity index (χ1v) is 11.2. The number of anilines is 1. The summed E-state index contributed by atoms with van der Waals surface area (Å²) in [5.74, 6) is 0.963. The van der Waals surface area contributed by atoms with Crippen molar-refractivity contribution in [3.8, 4) is 0 Å². The number of amides is 1.